The number of rotatable bonds is 3. The monoisotopic (exact) mass is 271 g/mol. The molecule has 0 saturated heterocycles. The van der Waals surface area contributed by atoms with Gasteiger partial charge in [-0.2, -0.15) is 0 Å². The van der Waals surface area contributed by atoms with Crippen LogP contribution in [-0.2, 0) is 6.54 Å². The van der Waals surface area contributed by atoms with E-state index in [1.807, 2.05) is 31.2 Å². The van der Waals surface area contributed by atoms with Crippen LogP contribution in [0.5, 0.6) is 0 Å². The molecule has 0 saturated carbocycles. The van der Waals surface area contributed by atoms with Gasteiger partial charge in [-0.15, -0.1) is 0 Å². The predicted octanol–water partition coefficient (Wildman–Crippen LogP) is 3.37. The van der Waals surface area contributed by atoms with E-state index >= 15 is 0 Å². The molecule has 3 nitrogen and oxygen atoms in total. The topological polar surface area (TPSA) is 50.4 Å². The lowest BCUT2D eigenvalue weighted by Crippen LogP contribution is -2.22. The van der Waals surface area contributed by atoms with E-state index in [1.165, 1.54) is 23.3 Å². The summed E-state index contributed by atoms with van der Waals surface area (Å²) in [4.78, 5) is 4.20. The fraction of sp³-hybridized carbons (Fsp3) is 0.188. The van der Waals surface area contributed by atoms with Crippen molar-refractivity contribution in [2.24, 2.45) is 10.7 Å². The minimum Gasteiger partial charge on any atom is -0.370 e. The van der Waals surface area contributed by atoms with Crippen molar-refractivity contribution in [3.63, 3.8) is 0 Å². The molecule has 0 aliphatic carbocycles. The molecule has 0 heterocycles. The van der Waals surface area contributed by atoms with Crippen LogP contribution in [0.4, 0.5) is 10.1 Å². The van der Waals surface area contributed by atoms with E-state index in [-0.39, 0.29) is 5.82 Å². The van der Waals surface area contributed by atoms with Crippen molar-refractivity contribution in [1.82, 2.24) is 0 Å². The number of aliphatic imine (C=N–C) groups is 1. The second-order valence-electron chi connectivity index (χ2n) is 4.76. The van der Waals surface area contributed by atoms with Crippen LogP contribution < -0.4 is 11.1 Å². The number of hydrogen-bond acceptors (Lipinski definition) is 1. The molecule has 2 aromatic rings. The zero-order chi connectivity index (χ0) is 14.5. The zero-order valence-electron chi connectivity index (χ0n) is 11.7. The molecule has 3 N–H and O–H groups in total. The molecule has 20 heavy (non-hydrogen) atoms. The Hall–Kier alpha value is -2.36. The van der Waals surface area contributed by atoms with E-state index in [0.717, 1.165) is 11.3 Å². The molecule has 0 fully saturated rings. The molecule has 2 aromatic carbocycles. The van der Waals surface area contributed by atoms with E-state index in [1.54, 1.807) is 6.07 Å². The van der Waals surface area contributed by atoms with Gasteiger partial charge < -0.3 is 11.1 Å². The van der Waals surface area contributed by atoms with Gasteiger partial charge in [0.1, 0.15) is 5.82 Å². The van der Waals surface area contributed by atoms with Crippen molar-refractivity contribution < 1.29 is 4.39 Å². The Morgan fingerprint density at radius 1 is 1.15 bits per heavy atom. The third kappa shape index (κ3) is 3.82. The normalized spacial score (nSPS) is 11.4. The van der Waals surface area contributed by atoms with Crippen molar-refractivity contribution >= 4 is 11.6 Å². The van der Waals surface area contributed by atoms with Gasteiger partial charge in [0, 0.05) is 5.69 Å². The molecule has 0 aliphatic rings. The van der Waals surface area contributed by atoms with Crippen LogP contribution in [0.3, 0.4) is 0 Å². The average molecular weight is 271 g/mol. The maximum absolute atomic E-state index is 13.0. The van der Waals surface area contributed by atoms with Crippen LogP contribution in [0, 0.1) is 19.7 Å². The largest absolute Gasteiger partial charge is 0.370 e. The lowest BCUT2D eigenvalue weighted by Gasteiger charge is -2.08. The summed E-state index contributed by atoms with van der Waals surface area (Å²) in [5, 5.41) is 3.03. The summed E-state index contributed by atoms with van der Waals surface area (Å²) in [6, 6.07) is 12.3. The number of hydrogen-bond donors (Lipinski definition) is 2. The van der Waals surface area contributed by atoms with Crippen molar-refractivity contribution in [3.8, 4) is 0 Å². The fourth-order valence-electron chi connectivity index (χ4n) is 1.82. The second kappa shape index (κ2) is 6.19. The SMILES string of the molecule is Cc1ccc(NC(N)=NCc2cccc(F)c2)cc1C. The van der Waals surface area contributed by atoms with Gasteiger partial charge in [0.2, 0.25) is 0 Å². The van der Waals surface area contributed by atoms with Gasteiger partial charge in [0.15, 0.2) is 5.96 Å². The van der Waals surface area contributed by atoms with Crippen LogP contribution in [0.25, 0.3) is 0 Å². The van der Waals surface area contributed by atoms with E-state index < -0.39 is 0 Å². The first kappa shape index (κ1) is 14.1. The predicted molar refractivity (Wildman–Crippen MR) is 81.3 cm³/mol. The minimum absolute atomic E-state index is 0.265. The quantitative estimate of drug-likeness (QED) is 0.664. The van der Waals surface area contributed by atoms with Crippen LogP contribution in [0.2, 0.25) is 0 Å². The van der Waals surface area contributed by atoms with Gasteiger partial charge in [-0.25, -0.2) is 9.38 Å². The van der Waals surface area contributed by atoms with Crippen LogP contribution in [0.1, 0.15) is 16.7 Å². The number of guanidine groups is 1. The van der Waals surface area contributed by atoms with E-state index in [9.17, 15) is 4.39 Å². The standard InChI is InChI=1S/C16H18FN3/c1-11-6-7-15(8-12(11)2)20-16(18)19-10-13-4-3-5-14(17)9-13/h3-9H,10H2,1-2H3,(H3,18,19,20). The summed E-state index contributed by atoms with van der Waals surface area (Å²) < 4.78 is 13.0. The lowest BCUT2D eigenvalue weighted by molar-refractivity contribution is 0.625. The van der Waals surface area contributed by atoms with Gasteiger partial charge in [-0.3, -0.25) is 0 Å². The Labute approximate surface area is 118 Å². The highest BCUT2D eigenvalue weighted by molar-refractivity contribution is 5.92. The van der Waals surface area contributed by atoms with Gasteiger partial charge in [-0.05, 0) is 54.8 Å². The highest BCUT2D eigenvalue weighted by Gasteiger charge is 1.99. The number of halogens is 1. The van der Waals surface area contributed by atoms with E-state index in [0.29, 0.717) is 12.5 Å². The lowest BCUT2D eigenvalue weighted by atomic mass is 10.1. The summed E-state index contributed by atoms with van der Waals surface area (Å²) in [6.07, 6.45) is 0. The Kier molecular flexibility index (Phi) is 4.35. The molecule has 0 atom stereocenters. The smallest absolute Gasteiger partial charge is 0.193 e. The van der Waals surface area contributed by atoms with Crippen LogP contribution >= 0.6 is 0 Å². The first-order valence-electron chi connectivity index (χ1n) is 6.43. The Morgan fingerprint density at radius 2 is 1.95 bits per heavy atom. The molecule has 0 unspecified atom stereocenters. The fourth-order valence-corrected chi connectivity index (χ4v) is 1.82. The number of nitrogens with one attached hydrogen (secondary N) is 1. The highest BCUT2D eigenvalue weighted by atomic mass is 19.1. The number of anilines is 1. The maximum atomic E-state index is 13.0. The van der Waals surface area contributed by atoms with Gasteiger partial charge in [0.25, 0.3) is 0 Å². The van der Waals surface area contributed by atoms with E-state index in [2.05, 4.69) is 17.2 Å². The summed E-state index contributed by atoms with van der Waals surface area (Å²) in [6.45, 7) is 4.45. The van der Waals surface area contributed by atoms with Gasteiger partial charge in [0.05, 0.1) is 6.54 Å². The third-order valence-corrected chi connectivity index (χ3v) is 3.10. The first-order chi connectivity index (χ1) is 9.54. The number of benzene rings is 2. The van der Waals surface area contributed by atoms with E-state index in [4.69, 9.17) is 5.73 Å². The first-order valence-corrected chi connectivity index (χ1v) is 6.43. The van der Waals surface area contributed by atoms with Crippen molar-refractivity contribution in [2.75, 3.05) is 5.32 Å². The number of nitrogens with zero attached hydrogens (tertiary/aromatic N) is 1. The summed E-state index contributed by atoms with van der Waals surface area (Å²) in [5.41, 5.74) is 9.92. The van der Waals surface area contributed by atoms with Crippen LogP contribution in [0.15, 0.2) is 47.5 Å². The minimum atomic E-state index is -0.265. The molecule has 2 rings (SSSR count). The zero-order valence-corrected chi connectivity index (χ0v) is 11.7. The molecule has 0 amide bonds. The third-order valence-electron chi connectivity index (χ3n) is 3.10. The molecule has 0 spiro atoms. The molecule has 0 radical (unpaired) electrons. The number of nitrogens with two attached hydrogens (primary N) is 1. The molecule has 104 valence electrons. The maximum Gasteiger partial charge on any atom is 0.193 e. The molecule has 0 aromatic heterocycles. The molecule has 4 heteroatoms. The van der Waals surface area contributed by atoms with Crippen LogP contribution in [-0.4, -0.2) is 5.96 Å². The summed E-state index contributed by atoms with van der Waals surface area (Å²) in [5.74, 6) is 0.0518. The highest BCUT2D eigenvalue weighted by Crippen LogP contribution is 2.13. The van der Waals surface area contributed by atoms with Gasteiger partial charge >= 0.3 is 0 Å². The molecular formula is C16H18FN3. The van der Waals surface area contributed by atoms with Crippen molar-refractivity contribution in [1.29, 1.82) is 0 Å². The molecular weight excluding hydrogens is 253 g/mol. The second-order valence-corrected chi connectivity index (χ2v) is 4.76. The Balaban J connectivity index is 2.02. The summed E-state index contributed by atoms with van der Waals surface area (Å²) >= 11 is 0. The number of aryl methyl sites for hydroxylation is 2. The molecule has 0 aliphatic heterocycles. The van der Waals surface area contributed by atoms with Gasteiger partial charge in [-0.1, -0.05) is 18.2 Å². The Bertz CT molecular complexity index is 635. The van der Waals surface area contributed by atoms with Crippen molar-refractivity contribution in [3.05, 3.63) is 65.0 Å². The summed E-state index contributed by atoms with van der Waals surface area (Å²) in [7, 11) is 0. The molecule has 0 bridgehead atoms. The Morgan fingerprint density at radius 3 is 2.65 bits per heavy atom. The van der Waals surface area contributed by atoms with Crippen molar-refractivity contribution in [2.45, 2.75) is 20.4 Å². The average Bonchev–Trinajstić information content (AvgIpc) is 2.41.